The highest BCUT2D eigenvalue weighted by atomic mass is 16.1. The van der Waals surface area contributed by atoms with E-state index in [9.17, 15) is 4.79 Å². The molecule has 2 aromatic heterocycles. The second-order valence-corrected chi connectivity index (χ2v) is 9.55. The number of nitrogens with one attached hydrogen (secondary N) is 1. The molecule has 8 nitrogen and oxygen atoms in total. The molecule has 2 aliphatic rings. The van der Waals surface area contributed by atoms with Crippen molar-refractivity contribution in [3.63, 3.8) is 0 Å². The van der Waals surface area contributed by atoms with Crippen LogP contribution >= 0.6 is 0 Å². The van der Waals surface area contributed by atoms with Gasteiger partial charge < -0.3 is 4.98 Å². The molecule has 2 fully saturated rings. The van der Waals surface area contributed by atoms with Gasteiger partial charge in [-0.1, -0.05) is 42.0 Å². The van der Waals surface area contributed by atoms with Crippen LogP contribution < -0.4 is 5.56 Å². The number of piperazine rings is 1. The van der Waals surface area contributed by atoms with E-state index >= 15 is 0 Å². The number of tetrazole rings is 1. The third-order valence-corrected chi connectivity index (χ3v) is 7.29. The summed E-state index contributed by atoms with van der Waals surface area (Å²) < 4.78 is 1.85. The van der Waals surface area contributed by atoms with Crippen molar-refractivity contribution in [1.29, 1.82) is 0 Å². The van der Waals surface area contributed by atoms with Crippen LogP contribution in [0.5, 0.6) is 0 Å². The summed E-state index contributed by atoms with van der Waals surface area (Å²) in [5.41, 5.74) is 3.76. The minimum Gasteiger partial charge on any atom is -0.322 e. The second kappa shape index (κ2) is 8.77. The number of nitrogens with zero attached hydrogens (tertiary/aromatic N) is 6. The predicted molar refractivity (Wildman–Crippen MR) is 131 cm³/mol. The minimum absolute atomic E-state index is 0.0792. The summed E-state index contributed by atoms with van der Waals surface area (Å²) in [4.78, 5) is 21.5. The Morgan fingerprint density at radius 2 is 1.97 bits per heavy atom. The Morgan fingerprint density at radius 3 is 2.85 bits per heavy atom. The molecule has 0 spiro atoms. The molecular weight excluding hydrogens is 426 g/mol. The van der Waals surface area contributed by atoms with E-state index in [1.165, 1.54) is 19.4 Å². The van der Waals surface area contributed by atoms with Crippen LogP contribution in [0.15, 0.2) is 59.4 Å². The highest BCUT2D eigenvalue weighted by Crippen LogP contribution is 2.31. The number of H-pyrrole nitrogens is 1. The second-order valence-electron chi connectivity index (χ2n) is 9.55. The number of rotatable bonds is 5. The number of aromatic nitrogens is 5. The fourth-order valence-corrected chi connectivity index (χ4v) is 5.57. The number of fused-ring (bicyclic) bond motifs is 2. The number of aromatic amines is 1. The summed E-state index contributed by atoms with van der Waals surface area (Å²) in [5, 5.41) is 13.9. The van der Waals surface area contributed by atoms with Crippen molar-refractivity contribution in [2.75, 3.05) is 26.2 Å². The van der Waals surface area contributed by atoms with Crippen molar-refractivity contribution in [3.8, 4) is 0 Å². The van der Waals surface area contributed by atoms with Crippen LogP contribution in [0.1, 0.15) is 41.4 Å². The Balaban J connectivity index is 1.46. The highest BCUT2D eigenvalue weighted by Gasteiger charge is 2.37. The summed E-state index contributed by atoms with van der Waals surface area (Å²) in [5.74, 6) is 0.716. The van der Waals surface area contributed by atoms with Crippen LogP contribution in [-0.4, -0.2) is 67.2 Å². The molecule has 2 aromatic carbocycles. The minimum atomic E-state index is -0.310. The van der Waals surface area contributed by atoms with Crippen molar-refractivity contribution in [3.05, 3.63) is 87.5 Å². The molecule has 2 atom stereocenters. The van der Waals surface area contributed by atoms with Crippen molar-refractivity contribution in [1.82, 2.24) is 35.0 Å². The summed E-state index contributed by atoms with van der Waals surface area (Å²) in [6.07, 6.45) is 2.44. The van der Waals surface area contributed by atoms with E-state index in [4.69, 9.17) is 0 Å². The molecule has 1 N–H and O–H groups in total. The molecule has 2 unspecified atom stereocenters. The Kier molecular flexibility index (Phi) is 5.47. The van der Waals surface area contributed by atoms with Gasteiger partial charge in [0.15, 0.2) is 5.82 Å². The first-order valence-corrected chi connectivity index (χ1v) is 12.1. The van der Waals surface area contributed by atoms with Gasteiger partial charge in [-0.15, -0.1) is 5.10 Å². The first-order chi connectivity index (χ1) is 16.7. The van der Waals surface area contributed by atoms with Gasteiger partial charge in [0.2, 0.25) is 0 Å². The topological polar surface area (TPSA) is 82.9 Å². The first-order valence-electron chi connectivity index (χ1n) is 12.1. The Bertz CT molecular complexity index is 1360. The van der Waals surface area contributed by atoms with Crippen LogP contribution in [0.3, 0.4) is 0 Å². The van der Waals surface area contributed by atoms with Gasteiger partial charge in [0.25, 0.3) is 5.56 Å². The molecule has 2 saturated heterocycles. The Hall–Kier alpha value is -3.36. The molecule has 6 rings (SSSR count). The molecule has 0 saturated carbocycles. The van der Waals surface area contributed by atoms with Gasteiger partial charge in [-0.05, 0) is 65.9 Å². The smallest absolute Gasteiger partial charge is 0.253 e. The SMILES string of the molecule is Cc1ccc2[nH]c(=O)c(C(c3nnnn3Cc3ccccc3)N3CCN4CCCC4C3)cc2c1. The molecule has 0 bridgehead atoms. The van der Waals surface area contributed by atoms with Gasteiger partial charge in [-0.3, -0.25) is 14.6 Å². The molecule has 2 aliphatic heterocycles. The lowest BCUT2D eigenvalue weighted by atomic mass is 10.0. The monoisotopic (exact) mass is 455 g/mol. The molecule has 8 heteroatoms. The van der Waals surface area contributed by atoms with E-state index in [1.54, 1.807) is 0 Å². The van der Waals surface area contributed by atoms with E-state index in [0.717, 1.165) is 41.7 Å². The normalized spacial score (nSPS) is 20.0. The zero-order valence-electron chi connectivity index (χ0n) is 19.4. The molecule has 174 valence electrons. The third kappa shape index (κ3) is 3.93. The Labute approximate surface area is 198 Å². The van der Waals surface area contributed by atoms with E-state index in [2.05, 4.69) is 55.4 Å². The molecule has 34 heavy (non-hydrogen) atoms. The lowest BCUT2D eigenvalue weighted by molar-refractivity contribution is 0.0790. The first kappa shape index (κ1) is 21.2. The maximum atomic E-state index is 13.4. The molecule has 4 aromatic rings. The fraction of sp³-hybridized carbons (Fsp3) is 0.385. The quantitative estimate of drug-likeness (QED) is 0.498. The van der Waals surface area contributed by atoms with E-state index < -0.39 is 0 Å². The van der Waals surface area contributed by atoms with Crippen molar-refractivity contribution >= 4 is 10.9 Å². The average Bonchev–Trinajstić information content (AvgIpc) is 3.50. The van der Waals surface area contributed by atoms with Crippen LogP contribution in [0.2, 0.25) is 0 Å². The van der Waals surface area contributed by atoms with Crippen LogP contribution in [0, 0.1) is 6.92 Å². The van der Waals surface area contributed by atoms with Gasteiger partial charge in [0.1, 0.15) is 6.04 Å². The van der Waals surface area contributed by atoms with E-state index in [-0.39, 0.29) is 11.6 Å². The maximum Gasteiger partial charge on any atom is 0.253 e. The zero-order chi connectivity index (χ0) is 23.1. The lowest BCUT2D eigenvalue weighted by Gasteiger charge is -2.41. The molecular formula is C26H29N7O. The van der Waals surface area contributed by atoms with Crippen molar-refractivity contribution < 1.29 is 0 Å². The molecule has 0 aliphatic carbocycles. The van der Waals surface area contributed by atoms with Gasteiger partial charge in [-0.25, -0.2) is 4.68 Å². The van der Waals surface area contributed by atoms with Gasteiger partial charge in [-0.2, -0.15) is 0 Å². The number of aryl methyl sites for hydroxylation is 1. The van der Waals surface area contributed by atoms with Gasteiger partial charge in [0, 0.05) is 36.8 Å². The van der Waals surface area contributed by atoms with E-state index in [1.807, 2.05) is 41.1 Å². The van der Waals surface area contributed by atoms with E-state index in [0.29, 0.717) is 24.0 Å². The standard InChI is InChI=1S/C26H29N7O/c1-18-9-10-23-20(14-18)15-22(26(34)27-23)24(32-13-12-31-11-5-8-21(31)17-32)25-28-29-30-33(25)16-19-6-3-2-4-7-19/h2-4,6-7,9-10,14-15,21,24H,5,8,11-13,16-17H2,1H3,(H,27,34). The lowest BCUT2D eigenvalue weighted by Crippen LogP contribution is -2.52. The maximum absolute atomic E-state index is 13.4. The van der Waals surface area contributed by atoms with Crippen LogP contribution in [-0.2, 0) is 6.54 Å². The summed E-state index contributed by atoms with van der Waals surface area (Å²) in [7, 11) is 0. The summed E-state index contributed by atoms with van der Waals surface area (Å²) >= 11 is 0. The largest absolute Gasteiger partial charge is 0.322 e. The fourth-order valence-electron chi connectivity index (χ4n) is 5.57. The average molecular weight is 456 g/mol. The predicted octanol–water partition coefficient (Wildman–Crippen LogP) is 2.74. The summed E-state index contributed by atoms with van der Waals surface area (Å²) in [6.45, 7) is 6.60. The van der Waals surface area contributed by atoms with Crippen molar-refractivity contribution in [2.24, 2.45) is 0 Å². The Morgan fingerprint density at radius 1 is 1.09 bits per heavy atom. The van der Waals surface area contributed by atoms with Gasteiger partial charge in [0.05, 0.1) is 6.54 Å². The summed E-state index contributed by atoms with van der Waals surface area (Å²) in [6, 6.07) is 18.6. The van der Waals surface area contributed by atoms with Gasteiger partial charge >= 0.3 is 0 Å². The van der Waals surface area contributed by atoms with Crippen LogP contribution in [0.25, 0.3) is 10.9 Å². The zero-order valence-corrected chi connectivity index (χ0v) is 19.4. The molecule has 4 heterocycles. The van der Waals surface area contributed by atoms with Crippen molar-refractivity contribution in [2.45, 2.75) is 38.4 Å². The third-order valence-electron chi connectivity index (χ3n) is 7.29. The van der Waals surface area contributed by atoms with Crippen LogP contribution in [0.4, 0.5) is 0 Å². The number of hydrogen-bond donors (Lipinski definition) is 1. The molecule has 0 amide bonds. The molecule has 0 radical (unpaired) electrons. The number of pyridine rings is 1. The number of hydrogen-bond acceptors (Lipinski definition) is 6. The highest BCUT2D eigenvalue weighted by molar-refractivity contribution is 5.79. The number of benzene rings is 2.